The molecule has 2 nitrogen and oxygen atoms in total. The summed E-state index contributed by atoms with van der Waals surface area (Å²) >= 11 is 1.06. The number of halogens is 3. The molecule has 6 heteroatoms. The average Bonchev–Trinajstić information content (AvgIpc) is 2.66. The molecule has 0 bridgehead atoms. The van der Waals surface area contributed by atoms with Gasteiger partial charge in [0.2, 0.25) is 0 Å². The Morgan fingerprint density at radius 1 is 1.35 bits per heavy atom. The number of likely N-dealkylation sites (N-methyl/N-ethyl adjacent to an activating group) is 1. The van der Waals surface area contributed by atoms with Crippen LogP contribution in [0.4, 0.5) is 13.2 Å². The predicted molar refractivity (Wildman–Crippen MR) is 62.2 cm³/mol. The van der Waals surface area contributed by atoms with Crippen LogP contribution in [0, 0.1) is 0 Å². The van der Waals surface area contributed by atoms with Gasteiger partial charge in [-0.3, -0.25) is 0 Å². The third-order valence-electron chi connectivity index (χ3n) is 2.32. The van der Waals surface area contributed by atoms with Crippen LogP contribution < -0.4 is 5.32 Å². The van der Waals surface area contributed by atoms with E-state index in [1.807, 2.05) is 13.8 Å². The summed E-state index contributed by atoms with van der Waals surface area (Å²) in [6, 6.07) is -0.430. The van der Waals surface area contributed by atoms with E-state index in [1.165, 1.54) is 5.38 Å². The smallest absolute Gasteiger partial charge is 0.377 e. The maximum Gasteiger partial charge on any atom is 0.417 e. The summed E-state index contributed by atoms with van der Waals surface area (Å²) < 4.78 is 43.5. The molecule has 0 amide bonds. The van der Waals surface area contributed by atoms with Gasteiger partial charge in [-0.25, -0.2) is 0 Å². The van der Waals surface area contributed by atoms with Crippen LogP contribution >= 0.6 is 11.3 Å². The molecule has 0 aliphatic carbocycles. The third kappa shape index (κ3) is 3.97. The lowest BCUT2D eigenvalue weighted by Gasteiger charge is -2.19. The van der Waals surface area contributed by atoms with Gasteiger partial charge in [-0.1, -0.05) is 0 Å². The van der Waals surface area contributed by atoms with Crippen molar-refractivity contribution in [1.82, 2.24) is 5.32 Å². The molecule has 1 atom stereocenters. The third-order valence-corrected chi connectivity index (χ3v) is 3.08. The molecule has 0 saturated heterocycles. The Morgan fingerprint density at radius 3 is 2.47 bits per heavy atom. The molecule has 0 fully saturated rings. The van der Waals surface area contributed by atoms with Gasteiger partial charge in [0.15, 0.2) is 0 Å². The molecule has 1 aromatic rings. The minimum absolute atomic E-state index is 0.00109. The molecular weight excluding hydrogens is 251 g/mol. The fourth-order valence-electron chi connectivity index (χ4n) is 1.42. The number of alkyl halides is 3. The van der Waals surface area contributed by atoms with E-state index in [0.29, 0.717) is 0 Å². The second kappa shape index (κ2) is 5.84. The fourth-order valence-corrected chi connectivity index (χ4v) is 2.34. The van der Waals surface area contributed by atoms with Crippen molar-refractivity contribution in [2.75, 3.05) is 13.7 Å². The van der Waals surface area contributed by atoms with Crippen molar-refractivity contribution < 1.29 is 17.9 Å². The van der Waals surface area contributed by atoms with E-state index in [4.69, 9.17) is 4.74 Å². The first-order valence-corrected chi connectivity index (χ1v) is 6.22. The number of thiophene rings is 1. The van der Waals surface area contributed by atoms with Crippen LogP contribution in [0.5, 0.6) is 0 Å². The number of ether oxygens (including phenoxy) is 1. The van der Waals surface area contributed by atoms with Gasteiger partial charge in [-0.2, -0.15) is 24.5 Å². The summed E-state index contributed by atoms with van der Waals surface area (Å²) in [5, 5.41) is 5.51. The molecular formula is C11H16F3NOS. The lowest BCUT2D eigenvalue weighted by molar-refractivity contribution is -0.138. The van der Waals surface area contributed by atoms with Gasteiger partial charge in [0.05, 0.1) is 24.3 Å². The van der Waals surface area contributed by atoms with Crippen molar-refractivity contribution in [2.45, 2.75) is 32.2 Å². The van der Waals surface area contributed by atoms with E-state index in [9.17, 15) is 13.2 Å². The van der Waals surface area contributed by atoms with Crippen LogP contribution in [0.3, 0.4) is 0 Å². The van der Waals surface area contributed by atoms with E-state index >= 15 is 0 Å². The van der Waals surface area contributed by atoms with Crippen LogP contribution in [0.25, 0.3) is 0 Å². The standard InChI is InChI=1S/C11H16F3NOS/c1-7(2)16-4-10(15-3)8-5-17-6-9(8)11(12,13)14/h5-7,10,15H,4H2,1-3H3. The summed E-state index contributed by atoms with van der Waals surface area (Å²) in [6.07, 6.45) is -4.30. The maximum absolute atomic E-state index is 12.7. The van der Waals surface area contributed by atoms with Crippen LogP contribution in [0.1, 0.15) is 31.0 Å². The van der Waals surface area contributed by atoms with Crippen LogP contribution in [0.15, 0.2) is 10.8 Å². The van der Waals surface area contributed by atoms with Gasteiger partial charge in [0, 0.05) is 5.38 Å². The van der Waals surface area contributed by atoms with E-state index in [0.717, 1.165) is 16.7 Å². The Balaban J connectivity index is 2.85. The van der Waals surface area contributed by atoms with Crippen molar-refractivity contribution in [2.24, 2.45) is 0 Å². The van der Waals surface area contributed by atoms with Gasteiger partial charge in [-0.05, 0) is 31.8 Å². The molecule has 98 valence electrons. The van der Waals surface area contributed by atoms with Crippen molar-refractivity contribution in [3.8, 4) is 0 Å². The Morgan fingerprint density at radius 2 is 2.00 bits per heavy atom. The minimum Gasteiger partial charge on any atom is -0.377 e. The van der Waals surface area contributed by atoms with Crippen LogP contribution in [0.2, 0.25) is 0 Å². The summed E-state index contributed by atoms with van der Waals surface area (Å²) in [5.41, 5.74) is -0.320. The molecule has 0 saturated carbocycles. The summed E-state index contributed by atoms with van der Waals surface area (Å²) in [6.45, 7) is 3.93. The molecule has 1 unspecified atom stereocenters. The number of nitrogens with one attached hydrogen (secondary N) is 1. The van der Waals surface area contributed by atoms with Crippen molar-refractivity contribution >= 4 is 11.3 Å². The quantitative estimate of drug-likeness (QED) is 0.882. The zero-order chi connectivity index (χ0) is 13.1. The van der Waals surface area contributed by atoms with Crippen molar-refractivity contribution in [3.63, 3.8) is 0 Å². The Kier molecular flexibility index (Phi) is 4.97. The van der Waals surface area contributed by atoms with E-state index in [2.05, 4.69) is 5.32 Å². The first kappa shape index (κ1) is 14.5. The Bertz CT molecular complexity index is 349. The van der Waals surface area contributed by atoms with Gasteiger partial charge >= 0.3 is 6.18 Å². The topological polar surface area (TPSA) is 21.3 Å². The molecule has 0 spiro atoms. The van der Waals surface area contributed by atoms with Crippen molar-refractivity contribution in [1.29, 1.82) is 0 Å². The normalized spacial score (nSPS) is 14.3. The highest BCUT2D eigenvalue weighted by Crippen LogP contribution is 2.37. The first-order valence-electron chi connectivity index (χ1n) is 5.28. The number of hydrogen-bond donors (Lipinski definition) is 1. The zero-order valence-electron chi connectivity index (χ0n) is 9.97. The maximum atomic E-state index is 12.7. The molecule has 1 rings (SSSR count). The molecule has 1 aromatic heterocycles. The van der Waals surface area contributed by atoms with E-state index < -0.39 is 17.8 Å². The monoisotopic (exact) mass is 267 g/mol. The molecule has 0 aliphatic heterocycles. The lowest BCUT2D eigenvalue weighted by Crippen LogP contribution is -2.25. The highest BCUT2D eigenvalue weighted by molar-refractivity contribution is 7.08. The van der Waals surface area contributed by atoms with Crippen LogP contribution in [-0.4, -0.2) is 19.8 Å². The van der Waals surface area contributed by atoms with Crippen LogP contribution in [-0.2, 0) is 10.9 Å². The highest BCUT2D eigenvalue weighted by Gasteiger charge is 2.35. The first-order chi connectivity index (χ1) is 7.86. The molecule has 17 heavy (non-hydrogen) atoms. The van der Waals surface area contributed by atoms with Gasteiger partial charge < -0.3 is 10.1 Å². The average molecular weight is 267 g/mol. The summed E-state index contributed by atoms with van der Waals surface area (Å²) in [7, 11) is 1.63. The van der Waals surface area contributed by atoms with Gasteiger partial charge in [-0.15, -0.1) is 0 Å². The predicted octanol–water partition coefficient (Wildman–Crippen LogP) is 3.45. The molecule has 1 heterocycles. The van der Waals surface area contributed by atoms with Crippen molar-refractivity contribution in [3.05, 3.63) is 21.9 Å². The van der Waals surface area contributed by atoms with E-state index in [-0.39, 0.29) is 18.3 Å². The minimum atomic E-state index is -4.30. The Hall–Kier alpha value is -0.590. The summed E-state index contributed by atoms with van der Waals surface area (Å²) in [5.74, 6) is 0. The fraction of sp³-hybridized carbons (Fsp3) is 0.636. The lowest BCUT2D eigenvalue weighted by atomic mass is 10.1. The van der Waals surface area contributed by atoms with Gasteiger partial charge in [0.25, 0.3) is 0 Å². The summed E-state index contributed by atoms with van der Waals surface area (Å²) in [4.78, 5) is 0. The van der Waals surface area contributed by atoms with Gasteiger partial charge in [0.1, 0.15) is 0 Å². The Labute approximate surface area is 103 Å². The number of rotatable bonds is 5. The highest BCUT2D eigenvalue weighted by atomic mass is 32.1. The second-order valence-electron chi connectivity index (χ2n) is 3.96. The SMILES string of the molecule is CNC(COC(C)C)c1cscc1C(F)(F)F. The molecule has 0 radical (unpaired) electrons. The zero-order valence-corrected chi connectivity index (χ0v) is 10.8. The molecule has 0 aliphatic rings. The number of hydrogen-bond acceptors (Lipinski definition) is 3. The largest absolute Gasteiger partial charge is 0.417 e. The second-order valence-corrected chi connectivity index (χ2v) is 4.71. The molecule has 0 aromatic carbocycles. The molecule has 1 N–H and O–H groups in total. The van der Waals surface area contributed by atoms with E-state index in [1.54, 1.807) is 7.05 Å².